The highest BCUT2D eigenvalue weighted by molar-refractivity contribution is 5.71. The first-order valence-corrected chi connectivity index (χ1v) is 1.94. The maximum absolute atomic E-state index is 10.1. The van der Waals surface area contributed by atoms with Crippen molar-refractivity contribution in [3.8, 4) is 0 Å². The summed E-state index contributed by atoms with van der Waals surface area (Å²) in [5.41, 5.74) is 0. The molecule has 0 unspecified atom stereocenters. The standard InChI is InChI=1S/C3H7N3O2/c1-8-3(7)2-5-6-4/h2H2,1H3,(H2,4,5). The van der Waals surface area contributed by atoms with Gasteiger partial charge in [0.25, 0.3) is 0 Å². The van der Waals surface area contributed by atoms with Crippen molar-refractivity contribution in [3.63, 3.8) is 0 Å². The van der Waals surface area contributed by atoms with Crippen molar-refractivity contribution >= 4 is 5.97 Å². The molecule has 2 N–H and O–H groups in total. The lowest BCUT2D eigenvalue weighted by molar-refractivity contribution is -0.138. The fourth-order valence-electron chi connectivity index (χ4n) is 0.163. The second kappa shape index (κ2) is 4.04. The van der Waals surface area contributed by atoms with Crippen LogP contribution in [0, 0.1) is 0 Å². The number of methoxy groups -OCH3 is 1. The third kappa shape index (κ3) is 3.08. The molecule has 46 valence electrons. The summed E-state index contributed by atoms with van der Waals surface area (Å²) in [6, 6.07) is 0. The topological polar surface area (TPSA) is 77.0 Å². The zero-order valence-electron chi connectivity index (χ0n) is 4.50. The Balaban J connectivity index is 3.25. The minimum Gasteiger partial charge on any atom is -0.468 e. The van der Waals surface area contributed by atoms with Crippen molar-refractivity contribution in [2.75, 3.05) is 13.7 Å². The first-order chi connectivity index (χ1) is 3.81. The zero-order valence-corrected chi connectivity index (χ0v) is 4.50. The zero-order chi connectivity index (χ0) is 6.41. The monoisotopic (exact) mass is 117 g/mol. The molecule has 5 heteroatoms. The molecule has 0 fully saturated rings. The second-order valence-corrected chi connectivity index (χ2v) is 0.991. The highest BCUT2D eigenvalue weighted by atomic mass is 16.5. The van der Waals surface area contributed by atoms with Crippen molar-refractivity contribution in [1.82, 2.24) is 0 Å². The van der Waals surface area contributed by atoms with Crippen LogP contribution < -0.4 is 5.84 Å². The number of ether oxygens (including phenoxy) is 1. The van der Waals surface area contributed by atoms with E-state index in [0.717, 1.165) is 0 Å². The number of hydrogen-bond acceptors (Lipinski definition) is 4. The van der Waals surface area contributed by atoms with Gasteiger partial charge < -0.3 is 10.6 Å². The molecule has 0 spiro atoms. The number of carbonyl (C=O) groups is 1. The molecule has 0 aromatic heterocycles. The smallest absolute Gasteiger partial charge is 0.329 e. The van der Waals surface area contributed by atoms with E-state index in [1.54, 1.807) is 0 Å². The fraction of sp³-hybridized carbons (Fsp3) is 0.667. The molecular weight excluding hydrogens is 110 g/mol. The molecule has 0 aliphatic heterocycles. The number of nitrogens with zero attached hydrogens (tertiary/aromatic N) is 2. The maximum atomic E-state index is 10.1. The molecule has 5 nitrogen and oxygen atoms in total. The Bertz CT molecular complexity index is 101. The Labute approximate surface area is 46.5 Å². The van der Waals surface area contributed by atoms with Crippen LogP contribution in [-0.4, -0.2) is 19.6 Å². The predicted molar refractivity (Wildman–Crippen MR) is 25.9 cm³/mol. The Kier molecular flexibility index (Phi) is 3.47. The maximum Gasteiger partial charge on any atom is 0.329 e. The van der Waals surface area contributed by atoms with Crippen molar-refractivity contribution in [1.29, 1.82) is 0 Å². The molecule has 0 saturated heterocycles. The highest BCUT2D eigenvalue weighted by Crippen LogP contribution is 1.73. The van der Waals surface area contributed by atoms with E-state index in [2.05, 4.69) is 20.9 Å². The first-order valence-electron chi connectivity index (χ1n) is 1.94. The van der Waals surface area contributed by atoms with Gasteiger partial charge in [0.15, 0.2) is 6.54 Å². The number of nitrogens with two attached hydrogens (primary N) is 1. The molecule has 0 radical (unpaired) electrons. The third-order valence-corrected chi connectivity index (χ3v) is 0.509. The van der Waals surface area contributed by atoms with E-state index in [4.69, 9.17) is 0 Å². The predicted octanol–water partition coefficient (Wildman–Crippen LogP) is -0.515. The lowest BCUT2D eigenvalue weighted by atomic mass is 10.7. The SMILES string of the molecule is COC(=O)CN=NN. The summed E-state index contributed by atoms with van der Waals surface area (Å²) in [6.45, 7) is -0.104. The van der Waals surface area contributed by atoms with Crippen LogP contribution in [0.5, 0.6) is 0 Å². The number of carbonyl (C=O) groups excluding carboxylic acids is 1. The average Bonchev–Trinajstić information content (AvgIpc) is 1.83. The molecule has 0 atom stereocenters. The van der Waals surface area contributed by atoms with E-state index in [1.165, 1.54) is 7.11 Å². The Morgan fingerprint density at radius 2 is 2.50 bits per heavy atom. The summed E-state index contributed by atoms with van der Waals surface area (Å²) in [7, 11) is 1.27. The second-order valence-electron chi connectivity index (χ2n) is 0.991. The van der Waals surface area contributed by atoms with Crippen molar-refractivity contribution < 1.29 is 9.53 Å². The van der Waals surface area contributed by atoms with Crippen molar-refractivity contribution in [2.45, 2.75) is 0 Å². The van der Waals surface area contributed by atoms with Crippen molar-refractivity contribution in [3.05, 3.63) is 0 Å². The Hall–Kier alpha value is -1.13. The fourth-order valence-corrected chi connectivity index (χ4v) is 0.163. The van der Waals surface area contributed by atoms with Gasteiger partial charge in [-0.25, -0.2) is 4.79 Å². The van der Waals surface area contributed by atoms with Crippen LogP contribution in [0.2, 0.25) is 0 Å². The van der Waals surface area contributed by atoms with Gasteiger partial charge in [0.1, 0.15) is 0 Å². The Morgan fingerprint density at radius 3 is 2.88 bits per heavy atom. The first kappa shape index (κ1) is 6.87. The highest BCUT2D eigenvalue weighted by Gasteiger charge is 1.93. The average molecular weight is 117 g/mol. The van der Waals surface area contributed by atoms with Gasteiger partial charge in [-0.05, 0) is 0 Å². The van der Waals surface area contributed by atoms with E-state index in [0.29, 0.717) is 0 Å². The van der Waals surface area contributed by atoms with E-state index >= 15 is 0 Å². The van der Waals surface area contributed by atoms with Crippen molar-refractivity contribution in [2.24, 2.45) is 16.2 Å². The number of hydrogen-bond donors (Lipinski definition) is 1. The minimum absolute atomic E-state index is 0.104. The summed E-state index contributed by atoms with van der Waals surface area (Å²) < 4.78 is 4.20. The van der Waals surface area contributed by atoms with E-state index in [1.807, 2.05) is 0 Å². The number of esters is 1. The van der Waals surface area contributed by atoms with Gasteiger partial charge in [-0.3, -0.25) is 0 Å². The minimum atomic E-state index is -0.445. The van der Waals surface area contributed by atoms with Crippen LogP contribution in [-0.2, 0) is 9.53 Å². The van der Waals surface area contributed by atoms with Gasteiger partial charge in [0, 0.05) is 0 Å². The molecule has 0 aliphatic carbocycles. The van der Waals surface area contributed by atoms with Gasteiger partial charge in [0.2, 0.25) is 0 Å². The van der Waals surface area contributed by atoms with Crippen LogP contribution in [0.25, 0.3) is 0 Å². The Morgan fingerprint density at radius 1 is 1.88 bits per heavy atom. The molecule has 0 heterocycles. The summed E-state index contributed by atoms with van der Waals surface area (Å²) >= 11 is 0. The normalized spacial score (nSPS) is 9.62. The van der Waals surface area contributed by atoms with Crippen LogP contribution in [0.4, 0.5) is 0 Å². The van der Waals surface area contributed by atoms with Crippen LogP contribution in [0.15, 0.2) is 10.3 Å². The molecule has 0 aromatic rings. The summed E-state index contributed by atoms with van der Waals surface area (Å²) in [6.07, 6.45) is 0. The van der Waals surface area contributed by atoms with Crippen LogP contribution >= 0.6 is 0 Å². The molecule has 8 heavy (non-hydrogen) atoms. The molecular formula is C3H7N3O2. The van der Waals surface area contributed by atoms with Gasteiger partial charge in [0.05, 0.1) is 7.11 Å². The van der Waals surface area contributed by atoms with Gasteiger partial charge in [-0.15, -0.1) is 0 Å². The lowest BCUT2D eigenvalue weighted by Gasteiger charge is -1.88. The molecule has 0 saturated carbocycles. The quantitative estimate of drug-likeness (QED) is 0.229. The molecule has 0 aliphatic rings. The molecule has 0 aromatic carbocycles. The third-order valence-electron chi connectivity index (χ3n) is 0.509. The van der Waals surface area contributed by atoms with Gasteiger partial charge in [-0.2, -0.15) is 5.11 Å². The molecule has 0 amide bonds. The summed E-state index contributed by atoms with van der Waals surface area (Å²) in [5, 5.41) is 6.02. The van der Waals surface area contributed by atoms with E-state index in [-0.39, 0.29) is 6.54 Å². The van der Waals surface area contributed by atoms with Crippen LogP contribution in [0.3, 0.4) is 0 Å². The van der Waals surface area contributed by atoms with Gasteiger partial charge >= 0.3 is 5.97 Å². The van der Waals surface area contributed by atoms with E-state index in [9.17, 15) is 4.79 Å². The largest absolute Gasteiger partial charge is 0.468 e. The molecule has 0 bridgehead atoms. The van der Waals surface area contributed by atoms with Crippen LogP contribution in [0.1, 0.15) is 0 Å². The van der Waals surface area contributed by atoms with Gasteiger partial charge in [-0.1, -0.05) is 5.22 Å². The van der Waals surface area contributed by atoms with E-state index < -0.39 is 5.97 Å². The lowest BCUT2D eigenvalue weighted by Crippen LogP contribution is -2.03. The summed E-state index contributed by atoms with van der Waals surface area (Å²) in [4.78, 5) is 10.1. The number of rotatable bonds is 2. The summed E-state index contributed by atoms with van der Waals surface area (Å²) in [5.74, 6) is 4.14. The molecule has 0 rings (SSSR count).